The Hall–Kier alpha value is -2.57. The van der Waals surface area contributed by atoms with Crippen LogP contribution >= 0.6 is 0 Å². The number of hydrogen-bond donors (Lipinski definition) is 2. The summed E-state index contributed by atoms with van der Waals surface area (Å²) < 4.78 is 1.80. The van der Waals surface area contributed by atoms with E-state index in [0.717, 1.165) is 16.6 Å². The number of carboxylic acid groups (broad SMARTS) is 1. The number of urea groups is 1. The molecule has 23 heavy (non-hydrogen) atoms. The number of aromatic nitrogens is 2. The Morgan fingerprint density at radius 2 is 2.13 bits per heavy atom. The Labute approximate surface area is 133 Å². The number of benzene rings is 1. The number of hydrogen-bond acceptors (Lipinski definition) is 3. The first-order valence-electron chi connectivity index (χ1n) is 7.53. The van der Waals surface area contributed by atoms with Crippen LogP contribution in [0.4, 0.5) is 10.5 Å². The Balaban J connectivity index is 1.75. The minimum Gasteiger partial charge on any atom is -0.481 e. The van der Waals surface area contributed by atoms with Gasteiger partial charge in [0, 0.05) is 36.9 Å². The molecule has 0 aliphatic carbocycles. The van der Waals surface area contributed by atoms with Crippen molar-refractivity contribution in [3.8, 4) is 0 Å². The van der Waals surface area contributed by atoms with Crippen molar-refractivity contribution in [3.63, 3.8) is 0 Å². The minimum absolute atomic E-state index is 0.221. The van der Waals surface area contributed by atoms with E-state index in [1.807, 2.05) is 32.2 Å². The second kappa shape index (κ2) is 5.26. The molecule has 0 saturated carbocycles. The molecule has 1 aliphatic heterocycles. The normalized spacial score (nSPS) is 20.9. The topological polar surface area (TPSA) is 87.5 Å². The molecule has 2 N–H and O–H groups in total. The summed E-state index contributed by atoms with van der Waals surface area (Å²) in [5, 5.41) is 17.5. The number of likely N-dealkylation sites (tertiary alicyclic amines) is 1. The highest BCUT2D eigenvalue weighted by Crippen LogP contribution is 2.30. The van der Waals surface area contributed by atoms with Gasteiger partial charge in [-0.05, 0) is 38.5 Å². The molecule has 2 heterocycles. The number of carbonyl (C=O) groups excluding carboxylic acids is 1. The minimum atomic E-state index is -0.863. The van der Waals surface area contributed by atoms with Crippen molar-refractivity contribution < 1.29 is 14.7 Å². The molecular weight excluding hydrogens is 296 g/mol. The van der Waals surface area contributed by atoms with Gasteiger partial charge in [0.2, 0.25) is 0 Å². The van der Waals surface area contributed by atoms with Crippen LogP contribution in [-0.2, 0) is 11.8 Å². The smallest absolute Gasteiger partial charge is 0.321 e. The summed E-state index contributed by atoms with van der Waals surface area (Å²) in [6.07, 6.45) is 0.466. The lowest BCUT2D eigenvalue weighted by Crippen LogP contribution is -2.37. The van der Waals surface area contributed by atoms with Crippen LogP contribution in [0, 0.1) is 12.3 Å². The van der Waals surface area contributed by atoms with Gasteiger partial charge in [0.15, 0.2) is 0 Å². The molecule has 7 heteroatoms. The quantitative estimate of drug-likeness (QED) is 0.889. The van der Waals surface area contributed by atoms with Gasteiger partial charge in [-0.3, -0.25) is 9.48 Å². The maximum atomic E-state index is 12.3. The molecule has 1 saturated heterocycles. The Morgan fingerprint density at radius 1 is 1.39 bits per heavy atom. The highest BCUT2D eigenvalue weighted by molar-refractivity contribution is 5.93. The molecule has 122 valence electrons. The molecule has 0 bridgehead atoms. The van der Waals surface area contributed by atoms with E-state index in [0.29, 0.717) is 18.7 Å². The number of carboxylic acids is 1. The van der Waals surface area contributed by atoms with Crippen molar-refractivity contribution >= 4 is 28.6 Å². The monoisotopic (exact) mass is 316 g/mol. The molecule has 2 aromatic rings. The molecule has 0 spiro atoms. The molecule has 1 aromatic carbocycles. The summed E-state index contributed by atoms with van der Waals surface area (Å²) in [5.74, 6) is -0.863. The third-order valence-corrected chi connectivity index (χ3v) is 4.66. The number of anilines is 1. The number of aliphatic carboxylic acids is 1. The van der Waals surface area contributed by atoms with E-state index in [2.05, 4.69) is 10.4 Å². The fraction of sp³-hybridized carbons (Fsp3) is 0.438. The first-order chi connectivity index (χ1) is 10.8. The van der Waals surface area contributed by atoms with Crippen LogP contribution in [0.5, 0.6) is 0 Å². The highest BCUT2D eigenvalue weighted by atomic mass is 16.4. The zero-order chi connectivity index (χ0) is 16.8. The maximum Gasteiger partial charge on any atom is 0.321 e. The number of nitrogens with one attached hydrogen (secondary N) is 1. The predicted molar refractivity (Wildman–Crippen MR) is 86.4 cm³/mol. The van der Waals surface area contributed by atoms with Crippen molar-refractivity contribution in [2.24, 2.45) is 12.5 Å². The highest BCUT2D eigenvalue weighted by Gasteiger charge is 2.42. The molecule has 1 fully saturated rings. The van der Waals surface area contributed by atoms with Gasteiger partial charge in [0.1, 0.15) is 0 Å². The fourth-order valence-corrected chi connectivity index (χ4v) is 2.92. The summed E-state index contributed by atoms with van der Waals surface area (Å²) in [7, 11) is 1.88. The zero-order valence-corrected chi connectivity index (χ0v) is 13.5. The summed E-state index contributed by atoms with van der Waals surface area (Å²) in [5.41, 5.74) is 1.68. The van der Waals surface area contributed by atoms with Crippen LogP contribution in [0.25, 0.3) is 10.9 Å². The summed E-state index contributed by atoms with van der Waals surface area (Å²) in [6.45, 7) is 4.33. The van der Waals surface area contributed by atoms with Gasteiger partial charge in [-0.1, -0.05) is 0 Å². The molecule has 1 aliphatic rings. The van der Waals surface area contributed by atoms with Gasteiger partial charge in [-0.2, -0.15) is 5.10 Å². The standard InChI is InChI=1S/C16H20N4O3/c1-10-12-5-4-11(8-13(12)18-19(10)3)17-15(23)20-7-6-16(2,9-20)14(21)22/h4-5,8H,6-7,9H2,1-3H3,(H,17,23)(H,21,22). The van der Waals surface area contributed by atoms with E-state index in [1.54, 1.807) is 16.5 Å². The van der Waals surface area contributed by atoms with Gasteiger partial charge in [0.25, 0.3) is 0 Å². The van der Waals surface area contributed by atoms with Crippen LogP contribution in [0.3, 0.4) is 0 Å². The second-order valence-electron chi connectivity index (χ2n) is 6.41. The van der Waals surface area contributed by atoms with Gasteiger partial charge in [0.05, 0.1) is 10.9 Å². The molecule has 1 atom stereocenters. The largest absolute Gasteiger partial charge is 0.481 e. The molecular formula is C16H20N4O3. The van der Waals surface area contributed by atoms with E-state index < -0.39 is 11.4 Å². The number of fused-ring (bicyclic) bond motifs is 1. The fourth-order valence-electron chi connectivity index (χ4n) is 2.92. The molecule has 2 amide bonds. The molecule has 3 rings (SSSR count). The van der Waals surface area contributed by atoms with Crippen LogP contribution < -0.4 is 5.32 Å². The van der Waals surface area contributed by atoms with Gasteiger partial charge in [-0.25, -0.2) is 4.79 Å². The predicted octanol–water partition coefficient (Wildman–Crippen LogP) is 2.21. The van der Waals surface area contributed by atoms with Crippen molar-refractivity contribution in [2.45, 2.75) is 20.3 Å². The zero-order valence-electron chi connectivity index (χ0n) is 13.5. The maximum absolute atomic E-state index is 12.3. The van der Waals surface area contributed by atoms with Crippen LogP contribution in [0.2, 0.25) is 0 Å². The van der Waals surface area contributed by atoms with Gasteiger partial charge in [-0.15, -0.1) is 0 Å². The van der Waals surface area contributed by atoms with Crippen LogP contribution in [0.1, 0.15) is 19.0 Å². The van der Waals surface area contributed by atoms with E-state index in [-0.39, 0.29) is 12.6 Å². The lowest BCUT2D eigenvalue weighted by Gasteiger charge is -2.20. The van der Waals surface area contributed by atoms with E-state index in [9.17, 15) is 14.7 Å². The Bertz CT molecular complexity index is 798. The van der Waals surface area contributed by atoms with Crippen LogP contribution in [-0.4, -0.2) is 44.9 Å². The van der Waals surface area contributed by atoms with Crippen molar-refractivity contribution in [2.75, 3.05) is 18.4 Å². The molecule has 1 unspecified atom stereocenters. The van der Waals surface area contributed by atoms with E-state index >= 15 is 0 Å². The number of rotatable bonds is 2. The third-order valence-electron chi connectivity index (χ3n) is 4.66. The van der Waals surface area contributed by atoms with Gasteiger partial charge >= 0.3 is 12.0 Å². The summed E-state index contributed by atoms with van der Waals surface area (Å²) in [6, 6.07) is 5.31. The first kappa shape index (κ1) is 15.3. The second-order valence-corrected chi connectivity index (χ2v) is 6.41. The summed E-state index contributed by atoms with van der Waals surface area (Å²) >= 11 is 0. The summed E-state index contributed by atoms with van der Waals surface area (Å²) in [4.78, 5) is 25.1. The Kier molecular flexibility index (Phi) is 3.50. The van der Waals surface area contributed by atoms with Crippen molar-refractivity contribution in [3.05, 3.63) is 23.9 Å². The number of carbonyl (C=O) groups is 2. The van der Waals surface area contributed by atoms with Crippen molar-refractivity contribution in [1.29, 1.82) is 0 Å². The third kappa shape index (κ3) is 2.62. The number of aryl methyl sites for hydroxylation is 2. The number of amides is 2. The van der Waals surface area contributed by atoms with Crippen LogP contribution in [0.15, 0.2) is 18.2 Å². The lowest BCUT2D eigenvalue weighted by molar-refractivity contribution is -0.146. The molecule has 1 aromatic heterocycles. The average Bonchev–Trinajstić information content (AvgIpc) is 3.02. The van der Waals surface area contributed by atoms with Gasteiger partial charge < -0.3 is 15.3 Å². The lowest BCUT2D eigenvalue weighted by atomic mass is 9.90. The number of nitrogens with zero attached hydrogens (tertiary/aromatic N) is 3. The molecule has 0 radical (unpaired) electrons. The van der Waals surface area contributed by atoms with E-state index in [4.69, 9.17) is 0 Å². The van der Waals surface area contributed by atoms with E-state index in [1.165, 1.54) is 0 Å². The molecule has 7 nitrogen and oxygen atoms in total. The SMILES string of the molecule is Cc1c2ccc(NC(=O)N3CCC(C)(C(=O)O)C3)cc2nn1C. The first-order valence-corrected chi connectivity index (χ1v) is 7.53. The van der Waals surface area contributed by atoms with Crippen molar-refractivity contribution in [1.82, 2.24) is 14.7 Å². The Morgan fingerprint density at radius 3 is 2.78 bits per heavy atom. The average molecular weight is 316 g/mol.